The summed E-state index contributed by atoms with van der Waals surface area (Å²) in [6.07, 6.45) is 4.38. The Kier molecular flexibility index (Phi) is 2.90. The van der Waals surface area contributed by atoms with Crippen molar-refractivity contribution >= 4 is 0 Å². The molecule has 1 heterocycles. The van der Waals surface area contributed by atoms with Gasteiger partial charge in [0.25, 0.3) is 0 Å². The molecule has 10 heavy (non-hydrogen) atoms. The van der Waals surface area contributed by atoms with Crippen molar-refractivity contribution in [1.82, 2.24) is 4.90 Å². The molecule has 0 aromatic heterocycles. The molecule has 2 N–H and O–H groups in total. The van der Waals surface area contributed by atoms with E-state index in [-0.39, 0.29) is 0 Å². The van der Waals surface area contributed by atoms with Gasteiger partial charge in [-0.25, -0.2) is 0 Å². The Balaban J connectivity index is 2.24. The molecule has 1 saturated heterocycles. The molecular formula is C8H16N2. The van der Waals surface area contributed by atoms with Crippen molar-refractivity contribution in [3.63, 3.8) is 0 Å². The van der Waals surface area contributed by atoms with Gasteiger partial charge in [-0.3, -0.25) is 4.90 Å². The molecule has 1 aliphatic heterocycles. The molecule has 0 amide bonds. The average Bonchev–Trinajstić information content (AvgIpc) is 1.88. The lowest BCUT2D eigenvalue weighted by molar-refractivity contribution is 0.229. The number of nitrogens with zero attached hydrogens (tertiary/aromatic N) is 1. The maximum Gasteiger partial charge on any atom is 0.0168 e. The van der Waals surface area contributed by atoms with Crippen LogP contribution in [0.4, 0.5) is 0 Å². The predicted molar refractivity (Wildman–Crippen MR) is 43.8 cm³/mol. The van der Waals surface area contributed by atoms with Crippen LogP contribution in [0, 0.1) is 0 Å². The van der Waals surface area contributed by atoms with E-state index >= 15 is 0 Å². The van der Waals surface area contributed by atoms with E-state index in [2.05, 4.69) is 11.5 Å². The van der Waals surface area contributed by atoms with Crippen LogP contribution in [-0.4, -0.2) is 30.6 Å². The van der Waals surface area contributed by atoms with E-state index in [1.807, 2.05) is 6.08 Å². The highest BCUT2D eigenvalue weighted by Gasteiger charge is 2.14. The second-order valence-corrected chi connectivity index (χ2v) is 2.95. The lowest BCUT2D eigenvalue weighted by Crippen LogP contribution is -2.42. The topological polar surface area (TPSA) is 29.3 Å². The zero-order chi connectivity index (χ0) is 7.40. The van der Waals surface area contributed by atoms with Crippen LogP contribution in [0.5, 0.6) is 0 Å². The van der Waals surface area contributed by atoms with E-state index in [0.717, 1.165) is 13.1 Å². The molecule has 2 heteroatoms. The van der Waals surface area contributed by atoms with E-state index < -0.39 is 0 Å². The summed E-state index contributed by atoms with van der Waals surface area (Å²) in [6.45, 7) is 6.93. The number of hydrogen-bond donors (Lipinski definition) is 1. The third-order valence-corrected chi connectivity index (χ3v) is 1.93. The summed E-state index contributed by atoms with van der Waals surface area (Å²) in [6, 6.07) is 0.397. The monoisotopic (exact) mass is 140 g/mol. The second kappa shape index (κ2) is 3.74. The first-order valence-electron chi connectivity index (χ1n) is 3.92. The molecule has 0 aliphatic carbocycles. The minimum Gasteiger partial charge on any atom is -0.327 e. The van der Waals surface area contributed by atoms with E-state index in [1.165, 1.54) is 19.4 Å². The Bertz CT molecular complexity index is 112. The van der Waals surface area contributed by atoms with E-state index in [9.17, 15) is 0 Å². The Labute approximate surface area is 62.7 Å². The SMILES string of the molecule is C=CCN1CCC[C@@H](N)C1. The Morgan fingerprint density at radius 3 is 3.10 bits per heavy atom. The van der Waals surface area contributed by atoms with Gasteiger partial charge in [0.05, 0.1) is 0 Å². The molecule has 0 saturated carbocycles. The van der Waals surface area contributed by atoms with Crippen molar-refractivity contribution in [2.75, 3.05) is 19.6 Å². The minimum atomic E-state index is 0.397. The van der Waals surface area contributed by atoms with Gasteiger partial charge in [-0.15, -0.1) is 6.58 Å². The number of piperidine rings is 1. The maximum atomic E-state index is 5.78. The van der Waals surface area contributed by atoms with E-state index in [1.54, 1.807) is 0 Å². The number of likely N-dealkylation sites (tertiary alicyclic amines) is 1. The standard InChI is InChI=1S/C8H16N2/c1-2-5-10-6-3-4-8(9)7-10/h2,8H,1,3-7,9H2/t8-/m1/s1. The molecule has 0 aromatic rings. The van der Waals surface area contributed by atoms with Gasteiger partial charge in [0, 0.05) is 19.1 Å². The van der Waals surface area contributed by atoms with Gasteiger partial charge in [-0.1, -0.05) is 6.08 Å². The van der Waals surface area contributed by atoms with Gasteiger partial charge in [-0.05, 0) is 19.4 Å². The normalized spacial score (nSPS) is 28.3. The highest BCUT2D eigenvalue weighted by atomic mass is 15.1. The Morgan fingerprint density at radius 2 is 2.50 bits per heavy atom. The molecule has 0 unspecified atom stereocenters. The third kappa shape index (κ3) is 2.12. The fraction of sp³-hybridized carbons (Fsp3) is 0.750. The summed E-state index contributed by atoms with van der Waals surface area (Å²) in [5.41, 5.74) is 5.78. The van der Waals surface area contributed by atoms with Crippen LogP contribution in [0.1, 0.15) is 12.8 Å². The lowest BCUT2D eigenvalue weighted by atomic mass is 10.1. The number of nitrogens with two attached hydrogens (primary N) is 1. The van der Waals surface area contributed by atoms with Gasteiger partial charge >= 0.3 is 0 Å². The fourth-order valence-electron chi connectivity index (χ4n) is 1.44. The van der Waals surface area contributed by atoms with Crippen LogP contribution in [0.2, 0.25) is 0 Å². The van der Waals surface area contributed by atoms with Crippen molar-refractivity contribution in [3.8, 4) is 0 Å². The average molecular weight is 140 g/mol. The summed E-state index contributed by atoms with van der Waals surface area (Å²) < 4.78 is 0. The van der Waals surface area contributed by atoms with Gasteiger partial charge in [-0.2, -0.15) is 0 Å². The van der Waals surface area contributed by atoms with Crippen LogP contribution < -0.4 is 5.73 Å². The first kappa shape index (κ1) is 7.76. The molecule has 2 nitrogen and oxygen atoms in total. The van der Waals surface area contributed by atoms with Crippen molar-refractivity contribution in [3.05, 3.63) is 12.7 Å². The lowest BCUT2D eigenvalue weighted by Gasteiger charge is -2.29. The summed E-state index contributed by atoms with van der Waals surface area (Å²) in [5, 5.41) is 0. The Morgan fingerprint density at radius 1 is 1.70 bits per heavy atom. The molecule has 0 radical (unpaired) electrons. The summed E-state index contributed by atoms with van der Waals surface area (Å²) in [5.74, 6) is 0. The van der Waals surface area contributed by atoms with Gasteiger partial charge < -0.3 is 5.73 Å². The molecule has 1 rings (SSSR count). The molecule has 58 valence electrons. The highest BCUT2D eigenvalue weighted by Crippen LogP contribution is 2.06. The third-order valence-electron chi connectivity index (χ3n) is 1.93. The van der Waals surface area contributed by atoms with Crippen LogP contribution >= 0.6 is 0 Å². The number of hydrogen-bond acceptors (Lipinski definition) is 2. The molecule has 0 aromatic carbocycles. The van der Waals surface area contributed by atoms with Crippen LogP contribution in [0.15, 0.2) is 12.7 Å². The smallest absolute Gasteiger partial charge is 0.0168 e. The van der Waals surface area contributed by atoms with Gasteiger partial charge in [0.2, 0.25) is 0 Å². The van der Waals surface area contributed by atoms with Crippen molar-refractivity contribution in [1.29, 1.82) is 0 Å². The second-order valence-electron chi connectivity index (χ2n) is 2.95. The van der Waals surface area contributed by atoms with Crippen molar-refractivity contribution in [2.45, 2.75) is 18.9 Å². The Hall–Kier alpha value is -0.340. The molecule has 1 fully saturated rings. The van der Waals surface area contributed by atoms with E-state index in [0.29, 0.717) is 6.04 Å². The highest BCUT2D eigenvalue weighted by molar-refractivity contribution is 4.80. The molecular weight excluding hydrogens is 124 g/mol. The molecule has 1 atom stereocenters. The van der Waals surface area contributed by atoms with Crippen LogP contribution in [-0.2, 0) is 0 Å². The maximum absolute atomic E-state index is 5.78. The first-order chi connectivity index (χ1) is 4.83. The van der Waals surface area contributed by atoms with E-state index in [4.69, 9.17) is 5.73 Å². The largest absolute Gasteiger partial charge is 0.327 e. The van der Waals surface area contributed by atoms with Gasteiger partial charge in [0.1, 0.15) is 0 Å². The van der Waals surface area contributed by atoms with Gasteiger partial charge in [0.15, 0.2) is 0 Å². The zero-order valence-corrected chi connectivity index (χ0v) is 6.42. The minimum absolute atomic E-state index is 0.397. The summed E-state index contributed by atoms with van der Waals surface area (Å²) in [7, 11) is 0. The van der Waals surface area contributed by atoms with Crippen LogP contribution in [0.25, 0.3) is 0 Å². The number of rotatable bonds is 2. The fourth-order valence-corrected chi connectivity index (χ4v) is 1.44. The summed E-state index contributed by atoms with van der Waals surface area (Å²) in [4.78, 5) is 2.35. The molecule has 1 aliphatic rings. The van der Waals surface area contributed by atoms with Crippen molar-refractivity contribution in [2.24, 2.45) is 5.73 Å². The molecule has 0 spiro atoms. The zero-order valence-electron chi connectivity index (χ0n) is 6.42. The first-order valence-corrected chi connectivity index (χ1v) is 3.92. The summed E-state index contributed by atoms with van der Waals surface area (Å²) >= 11 is 0. The van der Waals surface area contributed by atoms with Crippen molar-refractivity contribution < 1.29 is 0 Å². The van der Waals surface area contributed by atoms with Crippen LogP contribution in [0.3, 0.4) is 0 Å². The quantitative estimate of drug-likeness (QED) is 0.569. The predicted octanol–water partition coefficient (Wildman–Crippen LogP) is 0.596. The molecule has 0 bridgehead atoms.